The van der Waals surface area contributed by atoms with Crippen molar-refractivity contribution in [2.75, 3.05) is 0 Å². The maximum atomic E-state index is 12.9. The van der Waals surface area contributed by atoms with Gasteiger partial charge in [0.05, 0.1) is 0 Å². The molecule has 4 rings (SSSR count). The van der Waals surface area contributed by atoms with E-state index in [0.29, 0.717) is 22.8 Å². The highest BCUT2D eigenvalue weighted by Crippen LogP contribution is 2.34. The zero-order valence-corrected chi connectivity index (χ0v) is 16.5. The molecule has 0 radical (unpaired) electrons. The van der Waals surface area contributed by atoms with Crippen molar-refractivity contribution >= 4 is 28.4 Å². The molecule has 0 atom stereocenters. The van der Waals surface area contributed by atoms with Crippen LogP contribution < -0.4 is 10.9 Å². The first-order valence-electron chi connectivity index (χ1n) is 9.21. The van der Waals surface area contributed by atoms with Crippen LogP contribution in [-0.4, -0.2) is 16.0 Å². The molecule has 3 aromatic carbocycles. The minimum absolute atomic E-state index is 0.183. The first kappa shape index (κ1) is 19.1. The second-order valence-electron chi connectivity index (χ2n) is 6.87. The van der Waals surface area contributed by atoms with Gasteiger partial charge in [-0.05, 0) is 36.8 Å². The van der Waals surface area contributed by atoms with Gasteiger partial charge in [0, 0.05) is 33.6 Å². The number of hydrogen-bond acceptors (Lipinski definition) is 3. The molecule has 4 N–H and O–H groups in total. The molecule has 1 aromatic heterocycles. The molecule has 1 heterocycles. The monoisotopic (exact) mass is 405 g/mol. The van der Waals surface area contributed by atoms with Crippen LogP contribution in [0.1, 0.15) is 21.6 Å². The Balaban J connectivity index is 1.63. The average Bonchev–Trinajstić information content (AvgIpc) is 3.10. The number of phenolic OH excluding ortho intramolecular Hbond substituents is 1. The van der Waals surface area contributed by atoms with Crippen LogP contribution in [0.3, 0.4) is 0 Å². The van der Waals surface area contributed by atoms with E-state index < -0.39 is 0 Å². The first-order valence-corrected chi connectivity index (χ1v) is 9.59. The zero-order chi connectivity index (χ0) is 20.4. The normalized spacial score (nSPS) is 11.0. The predicted molar refractivity (Wildman–Crippen MR) is 116 cm³/mol. The van der Waals surface area contributed by atoms with Crippen molar-refractivity contribution in [3.8, 4) is 16.9 Å². The fourth-order valence-electron chi connectivity index (χ4n) is 3.38. The molecule has 0 aliphatic heterocycles. The summed E-state index contributed by atoms with van der Waals surface area (Å²) in [5.74, 6) is -0.120. The summed E-state index contributed by atoms with van der Waals surface area (Å²) in [5, 5.41) is 11.4. The molecule has 4 aromatic rings. The predicted octanol–water partition coefficient (Wildman–Crippen LogP) is 4.94. The molecule has 0 bridgehead atoms. The Kier molecular flexibility index (Phi) is 5.25. The van der Waals surface area contributed by atoms with E-state index in [4.69, 9.17) is 11.6 Å². The lowest BCUT2D eigenvalue weighted by Gasteiger charge is -2.10. The minimum Gasteiger partial charge on any atom is -0.508 e. The number of hydrazine groups is 1. The fourth-order valence-corrected chi connectivity index (χ4v) is 3.55. The van der Waals surface area contributed by atoms with Crippen LogP contribution in [0, 0.1) is 6.92 Å². The Hall–Kier alpha value is -3.28. The van der Waals surface area contributed by atoms with E-state index in [2.05, 4.69) is 15.8 Å². The number of benzene rings is 3. The van der Waals surface area contributed by atoms with E-state index in [1.807, 2.05) is 61.5 Å². The Morgan fingerprint density at radius 3 is 2.66 bits per heavy atom. The maximum Gasteiger partial charge on any atom is 0.282 e. The van der Waals surface area contributed by atoms with Crippen molar-refractivity contribution in [1.82, 2.24) is 15.8 Å². The Labute approximate surface area is 173 Å². The standard InChI is InChI=1S/C23H20ClN3O2/c1-14-7-10-20(28)16(11-14)13-25-27-23(29)22-21(15-5-3-2-4-6-15)18-12-17(24)8-9-19(18)26-22/h2-12,25-26,28H,13H2,1H3,(H,27,29). The Morgan fingerprint density at radius 2 is 1.86 bits per heavy atom. The topological polar surface area (TPSA) is 77.2 Å². The number of fused-ring (bicyclic) bond motifs is 1. The third-order valence-corrected chi connectivity index (χ3v) is 5.00. The third kappa shape index (κ3) is 3.97. The molecule has 5 nitrogen and oxygen atoms in total. The zero-order valence-electron chi connectivity index (χ0n) is 15.8. The summed E-state index contributed by atoms with van der Waals surface area (Å²) in [6, 6.07) is 20.5. The van der Waals surface area contributed by atoms with Crippen molar-refractivity contribution < 1.29 is 9.90 Å². The second kappa shape index (κ2) is 7.99. The highest BCUT2D eigenvalue weighted by atomic mass is 35.5. The lowest BCUT2D eigenvalue weighted by atomic mass is 10.0. The summed E-state index contributed by atoms with van der Waals surface area (Å²) < 4.78 is 0. The number of amides is 1. The van der Waals surface area contributed by atoms with Gasteiger partial charge in [0.1, 0.15) is 11.4 Å². The molecule has 146 valence electrons. The van der Waals surface area contributed by atoms with Crippen LogP contribution in [0.25, 0.3) is 22.0 Å². The van der Waals surface area contributed by atoms with E-state index in [1.54, 1.807) is 12.1 Å². The smallest absolute Gasteiger partial charge is 0.282 e. The molecule has 1 amide bonds. The molecular formula is C23H20ClN3O2. The van der Waals surface area contributed by atoms with Gasteiger partial charge in [-0.25, -0.2) is 5.43 Å². The van der Waals surface area contributed by atoms with E-state index in [-0.39, 0.29) is 11.7 Å². The van der Waals surface area contributed by atoms with Crippen molar-refractivity contribution in [2.24, 2.45) is 0 Å². The summed E-state index contributed by atoms with van der Waals surface area (Å²) in [5.41, 5.74) is 10.3. The number of aromatic amines is 1. The van der Waals surface area contributed by atoms with Crippen LogP contribution >= 0.6 is 11.6 Å². The minimum atomic E-state index is -0.302. The van der Waals surface area contributed by atoms with Gasteiger partial charge < -0.3 is 10.1 Å². The number of aromatic nitrogens is 1. The Bertz CT molecular complexity index is 1190. The molecule has 0 fully saturated rings. The average molecular weight is 406 g/mol. The van der Waals surface area contributed by atoms with Crippen LogP contribution in [-0.2, 0) is 6.54 Å². The summed E-state index contributed by atoms with van der Waals surface area (Å²) in [6.07, 6.45) is 0. The number of carbonyl (C=O) groups excluding carboxylic acids is 1. The van der Waals surface area contributed by atoms with Gasteiger partial charge in [-0.1, -0.05) is 59.6 Å². The van der Waals surface area contributed by atoms with Crippen LogP contribution in [0.2, 0.25) is 5.02 Å². The van der Waals surface area contributed by atoms with E-state index in [0.717, 1.165) is 27.6 Å². The van der Waals surface area contributed by atoms with E-state index in [1.165, 1.54) is 0 Å². The molecule has 29 heavy (non-hydrogen) atoms. The van der Waals surface area contributed by atoms with Gasteiger partial charge in [-0.3, -0.25) is 10.2 Å². The summed E-state index contributed by atoms with van der Waals surface area (Å²) >= 11 is 6.20. The van der Waals surface area contributed by atoms with Gasteiger partial charge >= 0.3 is 0 Å². The lowest BCUT2D eigenvalue weighted by molar-refractivity contribution is 0.0928. The third-order valence-electron chi connectivity index (χ3n) is 4.77. The molecule has 0 saturated carbocycles. The van der Waals surface area contributed by atoms with E-state index >= 15 is 0 Å². The molecule has 0 spiro atoms. The van der Waals surface area contributed by atoms with Crippen LogP contribution in [0.5, 0.6) is 5.75 Å². The molecular weight excluding hydrogens is 386 g/mol. The number of rotatable bonds is 5. The highest BCUT2D eigenvalue weighted by molar-refractivity contribution is 6.31. The largest absolute Gasteiger partial charge is 0.508 e. The van der Waals surface area contributed by atoms with Crippen LogP contribution in [0.4, 0.5) is 0 Å². The summed E-state index contributed by atoms with van der Waals surface area (Å²) in [4.78, 5) is 16.1. The van der Waals surface area contributed by atoms with Crippen molar-refractivity contribution in [3.63, 3.8) is 0 Å². The number of nitrogens with one attached hydrogen (secondary N) is 3. The Morgan fingerprint density at radius 1 is 1.07 bits per heavy atom. The second-order valence-corrected chi connectivity index (χ2v) is 7.31. The number of carbonyl (C=O) groups is 1. The quantitative estimate of drug-likeness (QED) is 0.355. The molecule has 0 aliphatic rings. The molecule has 0 saturated heterocycles. The first-order chi connectivity index (χ1) is 14.0. The van der Waals surface area contributed by atoms with Gasteiger partial charge in [-0.2, -0.15) is 0 Å². The highest BCUT2D eigenvalue weighted by Gasteiger charge is 2.19. The SMILES string of the molecule is Cc1ccc(O)c(CNNC(=O)c2[nH]c3ccc(Cl)cc3c2-c2ccccc2)c1. The summed E-state index contributed by atoms with van der Waals surface area (Å²) in [7, 11) is 0. The number of aromatic hydroxyl groups is 1. The van der Waals surface area contributed by atoms with Crippen molar-refractivity contribution in [1.29, 1.82) is 0 Å². The maximum absolute atomic E-state index is 12.9. The van der Waals surface area contributed by atoms with Gasteiger partial charge in [0.15, 0.2) is 0 Å². The van der Waals surface area contributed by atoms with Crippen LogP contribution in [0.15, 0.2) is 66.7 Å². The molecule has 6 heteroatoms. The van der Waals surface area contributed by atoms with E-state index in [9.17, 15) is 9.90 Å². The van der Waals surface area contributed by atoms with Crippen molar-refractivity contribution in [3.05, 3.63) is 88.6 Å². The number of aryl methyl sites for hydroxylation is 1. The molecule has 0 aliphatic carbocycles. The summed E-state index contributed by atoms with van der Waals surface area (Å²) in [6.45, 7) is 2.25. The van der Waals surface area contributed by atoms with Gasteiger partial charge in [0.2, 0.25) is 0 Å². The fraction of sp³-hybridized carbons (Fsp3) is 0.0870. The van der Waals surface area contributed by atoms with Gasteiger partial charge in [0.25, 0.3) is 5.91 Å². The molecule has 0 unspecified atom stereocenters. The number of hydrogen-bond donors (Lipinski definition) is 4. The number of phenols is 1. The number of halogens is 1. The van der Waals surface area contributed by atoms with Crippen molar-refractivity contribution in [2.45, 2.75) is 13.5 Å². The lowest BCUT2D eigenvalue weighted by Crippen LogP contribution is -2.37. The number of H-pyrrole nitrogens is 1. The van der Waals surface area contributed by atoms with Gasteiger partial charge in [-0.15, -0.1) is 0 Å².